The Morgan fingerprint density at radius 2 is 2.00 bits per heavy atom. The summed E-state index contributed by atoms with van der Waals surface area (Å²) in [5.41, 5.74) is 1.61. The predicted octanol–water partition coefficient (Wildman–Crippen LogP) is 2.45. The molecular formula is C15H17N5O. The molecule has 2 aromatic heterocycles. The van der Waals surface area contributed by atoms with Gasteiger partial charge < -0.3 is 10.6 Å². The molecule has 0 spiro atoms. The van der Waals surface area contributed by atoms with Crippen molar-refractivity contribution in [3.8, 4) is 0 Å². The Bertz CT molecular complexity index is 627. The first-order valence-corrected chi connectivity index (χ1v) is 6.99. The second-order valence-corrected chi connectivity index (χ2v) is 5.21. The molecule has 1 fully saturated rings. The summed E-state index contributed by atoms with van der Waals surface area (Å²) in [5.74, 6) is 1.11. The van der Waals surface area contributed by atoms with E-state index >= 15 is 0 Å². The van der Waals surface area contributed by atoms with Crippen LogP contribution in [0.25, 0.3) is 0 Å². The molecule has 21 heavy (non-hydrogen) atoms. The number of rotatable bonds is 4. The number of urea groups is 1. The fourth-order valence-corrected chi connectivity index (χ4v) is 2.18. The summed E-state index contributed by atoms with van der Waals surface area (Å²) in [5, 5.41) is 5.77. The zero-order chi connectivity index (χ0) is 14.7. The van der Waals surface area contributed by atoms with Crippen molar-refractivity contribution in [2.24, 2.45) is 5.92 Å². The number of nitrogens with zero attached hydrogens (tertiary/aromatic N) is 3. The number of hydrogen-bond donors (Lipinski definition) is 2. The number of hydrogen-bond acceptors (Lipinski definition) is 4. The normalized spacial score (nSPS) is 15.3. The standard InChI is InChI=1S/C15H17N5O/c1-10-4-9-17-14(18-10)13(11-2-3-11)20-15(21)19-12-5-7-16-8-6-12/h4-9,11,13H,2-3H2,1H3,(H2,16,19,20,21)/t13-/m0/s1. The van der Waals surface area contributed by atoms with Crippen molar-refractivity contribution in [3.05, 3.63) is 48.3 Å². The van der Waals surface area contributed by atoms with Gasteiger partial charge in [-0.05, 0) is 43.9 Å². The number of nitrogens with one attached hydrogen (secondary N) is 2. The summed E-state index contributed by atoms with van der Waals surface area (Å²) in [7, 11) is 0. The van der Waals surface area contributed by atoms with Gasteiger partial charge in [0.15, 0.2) is 5.82 Å². The topological polar surface area (TPSA) is 79.8 Å². The molecule has 1 aliphatic carbocycles. The van der Waals surface area contributed by atoms with Gasteiger partial charge in [-0.15, -0.1) is 0 Å². The quantitative estimate of drug-likeness (QED) is 0.903. The molecule has 3 rings (SSSR count). The Labute approximate surface area is 123 Å². The predicted molar refractivity (Wildman–Crippen MR) is 78.6 cm³/mol. The molecule has 0 bridgehead atoms. The van der Waals surface area contributed by atoms with Gasteiger partial charge in [0.25, 0.3) is 0 Å². The highest BCUT2D eigenvalue weighted by molar-refractivity contribution is 5.89. The fourth-order valence-electron chi connectivity index (χ4n) is 2.18. The summed E-state index contributed by atoms with van der Waals surface area (Å²) >= 11 is 0. The SMILES string of the molecule is Cc1ccnc([C@@H](NC(=O)Nc2ccncc2)C2CC2)n1. The van der Waals surface area contributed by atoms with E-state index < -0.39 is 0 Å². The van der Waals surface area contributed by atoms with Crippen molar-refractivity contribution in [2.75, 3.05) is 5.32 Å². The first kappa shape index (κ1) is 13.5. The van der Waals surface area contributed by atoms with E-state index in [1.807, 2.05) is 13.0 Å². The molecule has 1 aliphatic rings. The molecule has 6 nitrogen and oxygen atoms in total. The zero-order valence-corrected chi connectivity index (χ0v) is 11.8. The van der Waals surface area contributed by atoms with Crippen molar-refractivity contribution < 1.29 is 4.79 Å². The summed E-state index contributed by atoms with van der Waals surface area (Å²) < 4.78 is 0. The van der Waals surface area contributed by atoms with Gasteiger partial charge in [-0.25, -0.2) is 14.8 Å². The molecule has 1 atom stereocenters. The van der Waals surface area contributed by atoms with Gasteiger partial charge in [0.1, 0.15) is 0 Å². The maximum Gasteiger partial charge on any atom is 0.319 e. The lowest BCUT2D eigenvalue weighted by Crippen LogP contribution is -2.34. The fraction of sp³-hybridized carbons (Fsp3) is 0.333. The van der Waals surface area contributed by atoms with E-state index in [0.717, 1.165) is 18.5 Å². The Balaban J connectivity index is 1.69. The molecule has 108 valence electrons. The van der Waals surface area contributed by atoms with Crippen LogP contribution in [0, 0.1) is 12.8 Å². The van der Waals surface area contributed by atoms with Crippen LogP contribution in [0.15, 0.2) is 36.8 Å². The van der Waals surface area contributed by atoms with Crippen LogP contribution in [-0.4, -0.2) is 21.0 Å². The number of pyridine rings is 1. The molecule has 0 aliphatic heterocycles. The van der Waals surface area contributed by atoms with Gasteiger partial charge in [-0.3, -0.25) is 4.98 Å². The Morgan fingerprint density at radius 3 is 2.67 bits per heavy atom. The summed E-state index contributed by atoms with van der Waals surface area (Å²) in [6.07, 6.45) is 7.19. The van der Waals surface area contributed by atoms with Crippen LogP contribution in [0.3, 0.4) is 0 Å². The maximum absolute atomic E-state index is 12.1. The third kappa shape index (κ3) is 3.53. The minimum absolute atomic E-state index is 0.133. The average Bonchev–Trinajstić information content (AvgIpc) is 3.30. The highest BCUT2D eigenvalue weighted by atomic mass is 16.2. The second kappa shape index (κ2) is 5.87. The molecule has 0 unspecified atom stereocenters. The van der Waals surface area contributed by atoms with E-state index in [2.05, 4.69) is 25.6 Å². The van der Waals surface area contributed by atoms with Crippen LogP contribution in [-0.2, 0) is 0 Å². The van der Waals surface area contributed by atoms with Crippen molar-refractivity contribution in [2.45, 2.75) is 25.8 Å². The van der Waals surface area contributed by atoms with Gasteiger partial charge in [0, 0.05) is 30.0 Å². The van der Waals surface area contributed by atoms with Crippen LogP contribution in [0.1, 0.15) is 30.4 Å². The molecule has 0 saturated heterocycles. The lowest BCUT2D eigenvalue weighted by Gasteiger charge is -2.17. The molecule has 2 heterocycles. The summed E-state index contributed by atoms with van der Waals surface area (Å²) in [6.45, 7) is 1.92. The number of carbonyl (C=O) groups is 1. The minimum atomic E-state index is -0.247. The van der Waals surface area contributed by atoms with Crippen molar-refractivity contribution in [1.29, 1.82) is 0 Å². The third-order valence-corrected chi connectivity index (χ3v) is 3.41. The average molecular weight is 283 g/mol. The van der Waals surface area contributed by atoms with Crippen LogP contribution in [0.2, 0.25) is 0 Å². The van der Waals surface area contributed by atoms with Gasteiger partial charge in [0.2, 0.25) is 0 Å². The number of aromatic nitrogens is 3. The molecule has 2 aromatic rings. The van der Waals surface area contributed by atoms with Crippen LogP contribution < -0.4 is 10.6 Å². The van der Waals surface area contributed by atoms with Crippen molar-refractivity contribution in [3.63, 3.8) is 0 Å². The largest absolute Gasteiger partial charge is 0.328 e. The maximum atomic E-state index is 12.1. The van der Waals surface area contributed by atoms with Gasteiger partial charge in [0.05, 0.1) is 6.04 Å². The van der Waals surface area contributed by atoms with Gasteiger partial charge in [-0.1, -0.05) is 0 Å². The van der Waals surface area contributed by atoms with Crippen LogP contribution in [0.4, 0.5) is 10.5 Å². The number of aryl methyl sites for hydroxylation is 1. The monoisotopic (exact) mass is 283 g/mol. The third-order valence-electron chi connectivity index (χ3n) is 3.41. The minimum Gasteiger partial charge on any atom is -0.328 e. The molecule has 1 saturated carbocycles. The van der Waals surface area contributed by atoms with E-state index in [1.165, 1.54) is 0 Å². The molecule has 0 radical (unpaired) electrons. The van der Waals surface area contributed by atoms with Crippen molar-refractivity contribution >= 4 is 11.7 Å². The molecule has 0 aromatic carbocycles. The molecule has 2 amide bonds. The smallest absolute Gasteiger partial charge is 0.319 e. The summed E-state index contributed by atoms with van der Waals surface area (Å²) in [6, 6.07) is 4.96. The van der Waals surface area contributed by atoms with Crippen LogP contribution in [0.5, 0.6) is 0 Å². The molecular weight excluding hydrogens is 266 g/mol. The van der Waals surface area contributed by atoms with Gasteiger partial charge in [-0.2, -0.15) is 0 Å². The number of amides is 2. The van der Waals surface area contributed by atoms with E-state index in [0.29, 0.717) is 17.4 Å². The highest BCUT2D eigenvalue weighted by Crippen LogP contribution is 2.39. The molecule has 2 N–H and O–H groups in total. The summed E-state index contributed by atoms with van der Waals surface area (Å²) in [4.78, 5) is 24.8. The Hall–Kier alpha value is -2.50. The molecule has 6 heteroatoms. The zero-order valence-electron chi connectivity index (χ0n) is 11.8. The highest BCUT2D eigenvalue weighted by Gasteiger charge is 2.35. The Morgan fingerprint density at radius 1 is 1.24 bits per heavy atom. The first-order chi connectivity index (χ1) is 10.2. The van der Waals surface area contributed by atoms with Crippen LogP contribution >= 0.6 is 0 Å². The van der Waals surface area contributed by atoms with E-state index in [1.54, 1.807) is 30.7 Å². The van der Waals surface area contributed by atoms with E-state index in [-0.39, 0.29) is 12.1 Å². The van der Waals surface area contributed by atoms with E-state index in [9.17, 15) is 4.79 Å². The van der Waals surface area contributed by atoms with Gasteiger partial charge >= 0.3 is 6.03 Å². The Kier molecular flexibility index (Phi) is 3.77. The lowest BCUT2D eigenvalue weighted by atomic mass is 10.1. The van der Waals surface area contributed by atoms with Crippen molar-refractivity contribution in [1.82, 2.24) is 20.3 Å². The second-order valence-electron chi connectivity index (χ2n) is 5.21. The first-order valence-electron chi connectivity index (χ1n) is 6.99. The number of carbonyl (C=O) groups excluding carboxylic acids is 1. The lowest BCUT2D eigenvalue weighted by molar-refractivity contribution is 0.246. The number of anilines is 1. The van der Waals surface area contributed by atoms with E-state index in [4.69, 9.17) is 0 Å².